The minimum absolute atomic E-state index is 0.00308. The van der Waals surface area contributed by atoms with Gasteiger partial charge < -0.3 is 9.64 Å². The molecule has 1 aromatic carbocycles. The van der Waals surface area contributed by atoms with E-state index in [1.807, 2.05) is 32.0 Å². The van der Waals surface area contributed by atoms with Crippen molar-refractivity contribution in [3.05, 3.63) is 28.1 Å². The average Bonchev–Trinajstić information content (AvgIpc) is 2.77. The van der Waals surface area contributed by atoms with Crippen LogP contribution in [0.15, 0.2) is 18.2 Å². The van der Waals surface area contributed by atoms with E-state index in [9.17, 15) is 4.79 Å². The molecule has 0 fully saturated rings. The van der Waals surface area contributed by atoms with Gasteiger partial charge in [0.05, 0.1) is 16.4 Å². The highest BCUT2D eigenvalue weighted by Gasteiger charge is 2.25. The maximum atomic E-state index is 11.9. The molecule has 0 radical (unpaired) electrons. The number of likely N-dealkylation sites (N-methyl/N-ethyl adjacent to an activating group) is 1. The first-order chi connectivity index (χ1) is 9.60. The van der Waals surface area contributed by atoms with Gasteiger partial charge in [-0.2, -0.15) is 0 Å². The number of carbonyl (C=O) groups excluding carboxylic acids is 1. The molecule has 0 aliphatic carbocycles. The first-order valence-corrected chi connectivity index (χ1v) is 7.43. The summed E-state index contributed by atoms with van der Waals surface area (Å²) in [6.45, 7) is 6.81. The molecule has 5 heteroatoms. The zero-order chi connectivity index (χ0) is 14.3. The van der Waals surface area contributed by atoms with Crippen molar-refractivity contribution < 1.29 is 9.53 Å². The van der Waals surface area contributed by atoms with Crippen LogP contribution in [0.1, 0.15) is 16.8 Å². The van der Waals surface area contributed by atoms with Crippen LogP contribution in [-0.4, -0.2) is 24.0 Å². The van der Waals surface area contributed by atoms with Crippen molar-refractivity contribution in [3.63, 3.8) is 0 Å². The van der Waals surface area contributed by atoms with Gasteiger partial charge in [0, 0.05) is 17.0 Å². The summed E-state index contributed by atoms with van der Waals surface area (Å²) in [5.41, 5.74) is 2.86. The van der Waals surface area contributed by atoms with E-state index in [4.69, 9.17) is 4.74 Å². The highest BCUT2D eigenvalue weighted by Crippen LogP contribution is 2.37. The molecule has 0 saturated heterocycles. The largest absolute Gasteiger partial charge is 0.482 e. The smallest absolute Gasteiger partial charge is 0.265 e. The predicted molar refractivity (Wildman–Crippen MR) is 80.5 cm³/mol. The molecular weight excluding hydrogens is 272 g/mol. The second-order valence-electron chi connectivity index (χ2n) is 4.75. The minimum atomic E-state index is 0.00308. The van der Waals surface area contributed by atoms with Crippen LogP contribution < -0.4 is 9.64 Å². The van der Waals surface area contributed by atoms with Crippen molar-refractivity contribution in [1.82, 2.24) is 4.98 Å². The van der Waals surface area contributed by atoms with Crippen molar-refractivity contribution in [2.75, 3.05) is 18.1 Å². The van der Waals surface area contributed by atoms with Gasteiger partial charge in [-0.3, -0.25) is 4.79 Å². The SMILES string of the molecule is CCN1C(=O)COc2ccc(-c3nc(C)sc3C)cc21. The zero-order valence-electron chi connectivity index (χ0n) is 11.8. The van der Waals surface area contributed by atoms with Gasteiger partial charge in [0.25, 0.3) is 5.91 Å². The fourth-order valence-electron chi connectivity index (χ4n) is 2.49. The molecule has 0 spiro atoms. The van der Waals surface area contributed by atoms with Gasteiger partial charge in [0.1, 0.15) is 5.75 Å². The quantitative estimate of drug-likeness (QED) is 0.852. The Morgan fingerprint density at radius 3 is 2.85 bits per heavy atom. The molecule has 2 heterocycles. The summed E-state index contributed by atoms with van der Waals surface area (Å²) < 4.78 is 5.49. The first kappa shape index (κ1) is 13.1. The second-order valence-corrected chi connectivity index (χ2v) is 6.15. The van der Waals surface area contributed by atoms with Gasteiger partial charge in [-0.05, 0) is 39.0 Å². The van der Waals surface area contributed by atoms with Crippen molar-refractivity contribution in [2.45, 2.75) is 20.8 Å². The van der Waals surface area contributed by atoms with Crippen LogP contribution in [0.2, 0.25) is 0 Å². The third-order valence-corrected chi connectivity index (χ3v) is 4.28. The Kier molecular flexibility index (Phi) is 3.22. The highest BCUT2D eigenvalue weighted by molar-refractivity contribution is 7.11. The zero-order valence-corrected chi connectivity index (χ0v) is 12.6. The molecule has 0 saturated carbocycles. The molecule has 104 valence electrons. The lowest BCUT2D eigenvalue weighted by Gasteiger charge is -2.28. The van der Waals surface area contributed by atoms with E-state index in [0.717, 1.165) is 27.7 Å². The van der Waals surface area contributed by atoms with Gasteiger partial charge in [0.2, 0.25) is 0 Å². The Bertz CT molecular complexity index is 679. The molecule has 0 unspecified atom stereocenters. The molecule has 2 aromatic rings. The third-order valence-electron chi connectivity index (χ3n) is 3.40. The molecule has 1 aliphatic heterocycles. The minimum Gasteiger partial charge on any atom is -0.482 e. The second kappa shape index (κ2) is 4.90. The topological polar surface area (TPSA) is 42.4 Å². The van der Waals surface area contributed by atoms with Crippen molar-refractivity contribution >= 4 is 22.9 Å². The van der Waals surface area contributed by atoms with E-state index >= 15 is 0 Å². The lowest BCUT2D eigenvalue weighted by atomic mass is 10.1. The van der Waals surface area contributed by atoms with E-state index in [1.54, 1.807) is 16.2 Å². The predicted octanol–water partition coefficient (Wildman–Crippen LogP) is 3.17. The number of carbonyl (C=O) groups is 1. The molecule has 0 atom stereocenters. The van der Waals surface area contributed by atoms with Gasteiger partial charge in [0.15, 0.2) is 6.61 Å². The number of benzene rings is 1. The van der Waals surface area contributed by atoms with Crippen molar-refractivity contribution in [1.29, 1.82) is 0 Å². The van der Waals surface area contributed by atoms with Crippen molar-refractivity contribution in [2.24, 2.45) is 0 Å². The van der Waals surface area contributed by atoms with E-state index in [0.29, 0.717) is 6.54 Å². The van der Waals surface area contributed by atoms with Crippen LogP contribution in [-0.2, 0) is 4.79 Å². The van der Waals surface area contributed by atoms with Crippen LogP contribution >= 0.6 is 11.3 Å². The number of fused-ring (bicyclic) bond motifs is 1. The molecule has 0 N–H and O–H groups in total. The number of nitrogens with zero attached hydrogens (tertiary/aromatic N) is 2. The number of rotatable bonds is 2. The van der Waals surface area contributed by atoms with Gasteiger partial charge in [-0.15, -0.1) is 11.3 Å². The molecular formula is C15H16N2O2S. The van der Waals surface area contributed by atoms with E-state index in [1.165, 1.54) is 4.88 Å². The Morgan fingerprint density at radius 2 is 2.20 bits per heavy atom. The first-order valence-electron chi connectivity index (χ1n) is 6.61. The lowest BCUT2D eigenvalue weighted by molar-refractivity contribution is -0.121. The molecule has 1 amide bonds. The van der Waals surface area contributed by atoms with Crippen LogP contribution in [0.4, 0.5) is 5.69 Å². The van der Waals surface area contributed by atoms with E-state index in [2.05, 4.69) is 11.9 Å². The summed E-state index contributed by atoms with van der Waals surface area (Å²) >= 11 is 1.69. The standard InChI is InChI=1S/C15H16N2O2S/c1-4-17-12-7-11(15-9(2)20-10(3)16-15)5-6-13(12)19-8-14(17)18/h5-7H,4,8H2,1-3H3. The van der Waals surface area contributed by atoms with Gasteiger partial charge in [-0.25, -0.2) is 4.98 Å². The molecule has 1 aliphatic rings. The molecule has 1 aromatic heterocycles. The summed E-state index contributed by atoms with van der Waals surface area (Å²) in [6, 6.07) is 5.93. The number of ether oxygens (including phenoxy) is 1. The van der Waals surface area contributed by atoms with E-state index in [-0.39, 0.29) is 12.5 Å². The van der Waals surface area contributed by atoms with Crippen molar-refractivity contribution in [3.8, 4) is 17.0 Å². The fourth-order valence-corrected chi connectivity index (χ4v) is 3.33. The molecule has 3 rings (SSSR count). The van der Waals surface area contributed by atoms with Crippen LogP contribution in [0.3, 0.4) is 0 Å². The number of hydrogen-bond donors (Lipinski definition) is 0. The Morgan fingerprint density at radius 1 is 1.40 bits per heavy atom. The normalized spacial score (nSPS) is 14.2. The monoisotopic (exact) mass is 288 g/mol. The number of thiazole rings is 1. The summed E-state index contributed by atoms with van der Waals surface area (Å²) in [5.74, 6) is 0.767. The van der Waals surface area contributed by atoms with Gasteiger partial charge >= 0.3 is 0 Å². The Labute approximate surface area is 122 Å². The highest BCUT2D eigenvalue weighted by atomic mass is 32.1. The Hall–Kier alpha value is -1.88. The summed E-state index contributed by atoms with van der Waals surface area (Å²) in [5, 5.41) is 1.05. The number of aryl methyl sites for hydroxylation is 2. The van der Waals surface area contributed by atoms with Crippen LogP contribution in [0.25, 0.3) is 11.3 Å². The van der Waals surface area contributed by atoms with Gasteiger partial charge in [-0.1, -0.05) is 0 Å². The third kappa shape index (κ3) is 2.08. The number of hydrogen-bond acceptors (Lipinski definition) is 4. The molecule has 0 bridgehead atoms. The van der Waals surface area contributed by atoms with E-state index < -0.39 is 0 Å². The maximum absolute atomic E-state index is 11.9. The average molecular weight is 288 g/mol. The fraction of sp³-hybridized carbons (Fsp3) is 0.333. The summed E-state index contributed by atoms with van der Waals surface area (Å²) in [6.07, 6.45) is 0. The molecule has 4 nitrogen and oxygen atoms in total. The maximum Gasteiger partial charge on any atom is 0.265 e. The number of amides is 1. The van der Waals surface area contributed by atoms with Crippen LogP contribution in [0.5, 0.6) is 5.75 Å². The Balaban J connectivity index is 2.10. The van der Waals surface area contributed by atoms with Crippen LogP contribution in [0, 0.1) is 13.8 Å². The summed E-state index contributed by atoms with van der Waals surface area (Å²) in [4.78, 5) is 19.4. The lowest BCUT2D eigenvalue weighted by Crippen LogP contribution is -2.38. The number of aromatic nitrogens is 1. The molecule has 20 heavy (non-hydrogen) atoms. The summed E-state index contributed by atoms with van der Waals surface area (Å²) in [7, 11) is 0. The number of anilines is 1.